The molecule has 3 aromatic rings. The quantitative estimate of drug-likeness (QED) is 0.211. The maximum absolute atomic E-state index is 12.9. The summed E-state index contributed by atoms with van der Waals surface area (Å²) in [5.41, 5.74) is 2.14. The van der Waals surface area contributed by atoms with E-state index in [4.69, 9.17) is 33.2 Å². The molecule has 3 aromatic carbocycles. The first kappa shape index (κ1) is 32.5. The van der Waals surface area contributed by atoms with E-state index in [0.717, 1.165) is 0 Å². The van der Waals surface area contributed by atoms with Gasteiger partial charge in [0.05, 0.1) is 42.7 Å². The lowest BCUT2D eigenvalue weighted by Gasteiger charge is -2.18. The minimum atomic E-state index is -1.11. The second kappa shape index (κ2) is 14.4. The number of esters is 1. The summed E-state index contributed by atoms with van der Waals surface area (Å²) in [6.45, 7) is 0. The topological polar surface area (TPSA) is 148 Å². The van der Waals surface area contributed by atoms with Gasteiger partial charge in [0, 0.05) is 18.1 Å². The Morgan fingerprint density at radius 1 is 0.822 bits per heavy atom. The van der Waals surface area contributed by atoms with Gasteiger partial charge in [-0.3, -0.25) is 9.59 Å². The van der Waals surface area contributed by atoms with Crippen molar-refractivity contribution in [1.82, 2.24) is 5.32 Å². The number of ether oxygens (including phenoxy) is 7. The van der Waals surface area contributed by atoms with E-state index < -0.39 is 35.9 Å². The monoisotopic (exact) mass is 621 g/mol. The summed E-state index contributed by atoms with van der Waals surface area (Å²) in [7, 11) is 8.69. The van der Waals surface area contributed by atoms with Crippen LogP contribution in [0.15, 0.2) is 54.6 Å². The minimum Gasteiger partial charge on any atom is -0.493 e. The molecule has 238 valence electrons. The Labute approximate surface area is 260 Å². The number of carboxylic acids is 1. The zero-order chi connectivity index (χ0) is 32.7. The van der Waals surface area contributed by atoms with Crippen LogP contribution in [0, 0.1) is 0 Å². The van der Waals surface area contributed by atoms with Crippen LogP contribution in [0.2, 0.25) is 0 Å². The van der Waals surface area contributed by atoms with Crippen molar-refractivity contribution in [2.24, 2.45) is 0 Å². The molecule has 0 bridgehead atoms. The number of hydrogen-bond donors (Lipinski definition) is 2. The molecule has 3 atom stereocenters. The number of amides is 1. The van der Waals surface area contributed by atoms with Gasteiger partial charge in [-0.15, -0.1) is 0 Å². The Balaban J connectivity index is 1.58. The van der Waals surface area contributed by atoms with E-state index in [0.29, 0.717) is 51.0 Å². The van der Waals surface area contributed by atoms with Gasteiger partial charge in [0.2, 0.25) is 5.91 Å². The number of carbonyl (C=O) groups is 3. The maximum atomic E-state index is 12.9. The number of carboxylic acid groups (broad SMARTS) is 1. The van der Waals surface area contributed by atoms with Crippen molar-refractivity contribution in [2.45, 2.75) is 24.5 Å². The average molecular weight is 622 g/mol. The van der Waals surface area contributed by atoms with E-state index in [9.17, 15) is 19.5 Å². The van der Waals surface area contributed by atoms with Crippen molar-refractivity contribution in [3.8, 4) is 34.5 Å². The molecule has 0 aliphatic carbocycles. The Morgan fingerprint density at radius 3 is 2.04 bits per heavy atom. The molecule has 1 aliphatic heterocycles. The number of fused-ring (bicyclic) bond motifs is 1. The fraction of sp³-hybridized carbons (Fsp3) is 0.303. The molecule has 45 heavy (non-hydrogen) atoms. The maximum Gasteiger partial charge on any atom is 0.328 e. The molecule has 2 N–H and O–H groups in total. The summed E-state index contributed by atoms with van der Waals surface area (Å²) in [6, 6.07) is 12.5. The second-order valence-corrected chi connectivity index (χ2v) is 9.92. The number of methoxy groups -OCH3 is 6. The molecule has 4 rings (SSSR count). The van der Waals surface area contributed by atoms with Crippen LogP contribution in [0.25, 0.3) is 6.08 Å². The lowest BCUT2D eigenvalue weighted by Crippen LogP contribution is -2.42. The lowest BCUT2D eigenvalue weighted by molar-refractivity contribution is -0.144. The Morgan fingerprint density at radius 2 is 1.44 bits per heavy atom. The summed E-state index contributed by atoms with van der Waals surface area (Å²) in [5.74, 6) is -0.889. The number of aliphatic carboxylic acids is 1. The molecule has 0 saturated carbocycles. The Bertz CT molecular complexity index is 1600. The predicted octanol–water partition coefficient (Wildman–Crippen LogP) is 3.95. The molecule has 0 radical (unpaired) electrons. The van der Waals surface area contributed by atoms with Crippen LogP contribution in [0.3, 0.4) is 0 Å². The van der Waals surface area contributed by atoms with Crippen LogP contribution in [0.5, 0.6) is 34.5 Å². The van der Waals surface area contributed by atoms with Crippen LogP contribution in [0.1, 0.15) is 34.3 Å². The van der Waals surface area contributed by atoms with E-state index >= 15 is 0 Å². The van der Waals surface area contributed by atoms with E-state index in [1.807, 2.05) is 0 Å². The third-order valence-corrected chi connectivity index (χ3v) is 7.33. The highest BCUT2D eigenvalue weighted by Gasteiger charge is 2.43. The molecule has 1 heterocycles. The van der Waals surface area contributed by atoms with Crippen LogP contribution in [-0.4, -0.2) is 71.7 Å². The smallest absolute Gasteiger partial charge is 0.328 e. The van der Waals surface area contributed by atoms with Gasteiger partial charge >= 0.3 is 11.9 Å². The third-order valence-electron chi connectivity index (χ3n) is 7.33. The van der Waals surface area contributed by atoms with E-state index in [2.05, 4.69) is 5.32 Å². The van der Waals surface area contributed by atoms with Crippen LogP contribution in [0.4, 0.5) is 0 Å². The Hall–Kier alpha value is -5.39. The van der Waals surface area contributed by atoms with Crippen molar-refractivity contribution in [1.29, 1.82) is 0 Å². The standard InChI is InChI=1S/C33H35NO11/c1-39-23-10-7-19(15-25(23)41-3)14-22(33(38)44-6)34-28(35)12-8-18-13-21-29(32(36)37)30(45-31(21)27(16-18)43-5)20-9-11-24(40-2)26(17-20)42-4/h7-13,15-17,22,29-30H,14H2,1-6H3,(H,34,35)(H,36,37)/b12-8+. The van der Waals surface area contributed by atoms with Crippen LogP contribution in [-0.2, 0) is 25.5 Å². The van der Waals surface area contributed by atoms with Gasteiger partial charge in [-0.2, -0.15) is 0 Å². The minimum absolute atomic E-state index is 0.133. The zero-order valence-electron chi connectivity index (χ0n) is 25.7. The number of benzene rings is 3. The fourth-order valence-electron chi connectivity index (χ4n) is 5.13. The summed E-state index contributed by atoms with van der Waals surface area (Å²) < 4.78 is 37.9. The summed E-state index contributed by atoms with van der Waals surface area (Å²) in [5, 5.41) is 12.9. The van der Waals surface area contributed by atoms with Gasteiger partial charge in [-0.1, -0.05) is 12.1 Å². The largest absolute Gasteiger partial charge is 0.493 e. The molecule has 0 saturated heterocycles. The molecule has 1 aliphatic rings. The highest BCUT2D eigenvalue weighted by Crippen LogP contribution is 2.52. The van der Waals surface area contributed by atoms with Crippen molar-refractivity contribution in [2.75, 3.05) is 42.7 Å². The third kappa shape index (κ3) is 7.06. The van der Waals surface area contributed by atoms with Crippen molar-refractivity contribution >= 4 is 23.9 Å². The van der Waals surface area contributed by atoms with Crippen LogP contribution >= 0.6 is 0 Å². The van der Waals surface area contributed by atoms with Crippen molar-refractivity contribution < 1.29 is 52.6 Å². The molecule has 0 spiro atoms. The van der Waals surface area contributed by atoms with E-state index in [-0.39, 0.29) is 12.2 Å². The Kier molecular flexibility index (Phi) is 10.4. The number of hydrogen-bond acceptors (Lipinski definition) is 10. The molecule has 0 aromatic heterocycles. The first-order chi connectivity index (χ1) is 21.7. The first-order valence-corrected chi connectivity index (χ1v) is 13.8. The fourth-order valence-corrected chi connectivity index (χ4v) is 5.13. The normalized spacial score (nSPS) is 15.8. The highest BCUT2D eigenvalue weighted by atomic mass is 16.5. The molecular weight excluding hydrogens is 586 g/mol. The van der Waals surface area contributed by atoms with Gasteiger partial charge in [-0.25, -0.2) is 4.79 Å². The number of nitrogens with one attached hydrogen (secondary N) is 1. The zero-order valence-corrected chi connectivity index (χ0v) is 25.7. The predicted molar refractivity (Wildman–Crippen MR) is 163 cm³/mol. The summed E-state index contributed by atoms with van der Waals surface area (Å²) in [4.78, 5) is 38.0. The number of rotatable bonds is 13. The molecule has 12 heteroatoms. The SMILES string of the molecule is COC(=O)C(Cc1ccc(OC)c(OC)c1)NC(=O)/C=C/c1cc(OC)c2c(c1)C(C(=O)O)C(c1ccc(OC)c(OC)c1)O2. The van der Waals surface area contributed by atoms with Crippen molar-refractivity contribution in [3.63, 3.8) is 0 Å². The number of carbonyl (C=O) groups excluding carboxylic acids is 2. The molecular formula is C33H35NO11. The van der Waals surface area contributed by atoms with Gasteiger partial charge < -0.3 is 43.6 Å². The first-order valence-electron chi connectivity index (χ1n) is 13.8. The molecule has 12 nitrogen and oxygen atoms in total. The second-order valence-electron chi connectivity index (χ2n) is 9.92. The lowest BCUT2D eigenvalue weighted by atomic mass is 9.90. The van der Waals surface area contributed by atoms with E-state index in [1.165, 1.54) is 54.8 Å². The van der Waals surface area contributed by atoms with Gasteiger partial charge in [0.1, 0.15) is 18.1 Å². The highest BCUT2D eigenvalue weighted by molar-refractivity contribution is 5.95. The molecule has 1 amide bonds. The van der Waals surface area contributed by atoms with E-state index in [1.54, 1.807) is 48.5 Å². The summed E-state index contributed by atoms with van der Waals surface area (Å²) in [6.07, 6.45) is 1.98. The van der Waals surface area contributed by atoms with Gasteiger partial charge in [0.15, 0.2) is 34.5 Å². The summed E-state index contributed by atoms with van der Waals surface area (Å²) >= 11 is 0. The molecule has 0 fully saturated rings. The molecule has 3 unspecified atom stereocenters. The van der Waals surface area contributed by atoms with Crippen molar-refractivity contribution in [3.05, 3.63) is 76.9 Å². The average Bonchev–Trinajstić information content (AvgIpc) is 3.45. The van der Waals surface area contributed by atoms with Gasteiger partial charge in [-0.05, 0) is 59.2 Å². The van der Waals surface area contributed by atoms with Crippen LogP contribution < -0.4 is 33.7 Å². The van der Waals surface area contributed by atoms with Gasteiger partial charge in [0.25, 0.3) is 0 Å².